The minimum atomic E-state index is -1.13. The predicted octanol–water partition coefficient (Wildman–Crippen LogP) is 3.45. The number of aliphatic imine (C=N–C) groups is 1. The number of amides is 4. The molecule has 4 heterocycles. The standard InChI is InChI=1S/C51H64N16O10/c1-7-56-38(20-30(3)52)48(74)60-50-58-36-22-32(46(53)72)24-40(76-18-12-11-15-64-29-35(28-57-64)63(6)34(26-42(68)69)27-43(70)71)44(36)65(50)16-9-10-17-66-45-37(23-33(47(54)73)25-41(45)77-19-13-14-55-5)59-51(66)61-49(75)39-21-31(4)62-67(39)8-2/h9-12,20-25,28-29,34,55H,7-8,13-19,26-27,52H2,1-6H3,(H2,53,72)(H2,54,73)(H,68,69)(H,70,71)(H,58,60,74)(H,59,61,75)/b10-9+,12-11+,30-20-,56-38?. The Morgan fingerprint density at radius 2 is 1.40 bits per heavy atom. The predicted molar refractivity (Wildman–Crippen MR) is 288 cm³/mol. The highest BCUT2D eigenvalue weighted by molar-refractivity contribution is 6.47. The number of hydrogen-bond acceptors (Lipinski definition) is 16. The van der Waals surface area contributed by atoms with Gasteiger partial charge in [0.05, 0.1) is 54.6 Å². The molecule has 4 aromatic heterocycles. The van der Waals surface area contributed by atoms with Gasteiger partial charge in [0.2, 0.25) is 23.7 Å². The maximum absolute atomic E-state index is 13.9. The van der Waals surface area contributed by atoms with Crippen LogP contribution < -0.4 is 47.5 Å². The highest BCUT2D eigenvalue weighted by Gasteiger charge is 2.25. The zero-order chi connectivity index (χ0) is 55.9. The fraction of sp³-hybridized carbons (Fsp3) is 0.353. The maximum atomic E-state index is 13.9. The molecule has 2 aromatic carbocycles. The number of allylic oxidation sites excluding steroid dienone is 4. The number of nitrogens with one attached hydrogen (secondary N) is 3. The molecular weight excluding hydrogens is 997 g/mol. The highest BCUT2D eigenvalue weighted by atomic mass is 16.5. The molecule has 26 nitrogen and oxygen atoms in total. The SMILES string of the molecule is CCN=C(/C=C(/C)N)C(=O)Nc1nc2cc(C(N)=O)cc(OC/C=C/Cn3cc(N(C)C(CC(=O)O)CC(=O)O)cn3)c2n1C/C=C/Cn1c(NC(=O)c2cc(C)nn2CC)nc2cc(C(N)=O)cc(OCCCNC)c21. The van der Waals surface area contributed by atoms with Crippen molar-refractivity contribution in [3.63, 3.8) is 0 Å². The van der Waals surface area contributed by atoms with E-state index in [9.17, 15) is 39.0 Å². The van der Waals surface area contributed by atoms with E-state index in [-0.39, 0.29) is 92.2 Å². The summed E-state index contributed by atoms with van der Waals surface area (Å²) in [6, 6.07) is 6.86. The van der Waals surface area contributed by atoms with Gasteiger partial charge in [-0.25, -0.2) is 9.97 Å². The van der Waals surface area contributed by atoms with Crippen molar-refractivity contribution in [2.75, 3.05) is 55.9 Å². The molecule has 0 bridgehead atoms. The molecule has 6 aromatic rings. The van der Waals surface area contributed by atoms with Crippen molar-refractivity contribution in [2.24, 2.45) is 22.2 Å². The van der Waals surface area contributed by atoms with E-state index < -0.39 is 41.6 Å². The van der Waals surface area contributed by atoms with Crippen LogP contribution in [0.15, 0.2) is 83.8 Å². The molecule has 6 rings (SSSR count). The summed E-state index contributed by atoms with van der Waals surface area (Å²) in [6.07, 6.45) is 11.5. The van der Waals surface area contributed by atoms with Crippen molar-refractivity contribution in [3.05, 3.63) is 101 Å². The van der Waals surface area contributed by atoms with Gasteiger partial charge < -0.3 is 56.2 Å². The number of aromatic nitrogens is 8. The summed E-state index contributed by atoms with van der Waals surface area (Å²) >= 11 is 0. The smallest absolute Gasteiger partial charge is 0.305 e. The zero-order valence-corrected chi connectivity index (χ0v) is 43.6. The molecule has 4 amide bonds. The molecule has 0 aliphatic carbocycles. The van der Waals surface area contributed by atoms with E-state index in [1.807, 2.05) is 14.0 Å². The normalized spacial score (nSPS) is 12.1. The summed E-state index contributed by atoms with van der Waals surface area (Å²) in [7, 11) is 3.42. The monoisotopic (exact) mass is 1060 g/mol. The van der Waals surface area contributed by atoms with Gasteiger partial charge in [0.15, 0.2) is 0 Å². The quantitative estimate of drug-likeness (QED) is 0.0189. The summed E-state index contributed by atoms with van der Waals surface area (Å²) < 4.78 is 19.1. The number of fused-ring (bicyclic) bond motifs is 2. The molecule has 11 N–H and O–H groups in total. The third-order valence-corrected chi connectivity index (χ3v) is 11.8. The molecule has 0 fully saturated rings. The number of aryl methyl sites for hydroxylation is 2. The average Bonchev–Trinajstić information content (AvgIpc) is 4.19. The van der Waals surface area contributed by atoms with Crippen molar-refractivity contribution < 1.29 is 48.5 Å². The highest BCUT2D eigenvalue weighted by Crippen LogP contribution is 2.33. The molecule has 0 saturated carbocycles. The molecule has 0 aliphatic heterocycles. The molecule has 0 atom stereocenters. The third-order valence-electron chi connectivity index (χ3n) is 11.8. The Morgan fingerprint density at radius 1 is 0.818 bits per heavy atom. The number of carboxylic acids is 2. The number of aliphatic carboxylic acids is 2. The Labute approximate surface area is 442 Å². The van der Waals surface area contributed by atoms with Gasteiger partial charge in [0.1, 0.15) is 40.5 Å². The number of carboxylic acid groups (broad SMARTS) is 2. The molecule has 0 radical (unpaired) electrons. The van der Waals surface area contributed by atoms with Crippen LogP contribution >= 0.6 is 0 Å². The first kappa shape index (κ1) is 57.0. The average molecular weight is 1060 g/mol. The molecule has 0 unspecified atom stereocenters. The van der Waals surface area contributed by atoms with E-state index in [1.165, 1.54) is 36.5 Å². The second kappa shape index (κ2) is 26.2. The Kier molecular flexibility index (Phi) is 19.4. The number of ether oxygens (including phenoxy) is 2. The third kappa shape index (κ3) is 14.7. The van der Waals surface area contributed by atoms with Gasteiger partial charge >= 0.3 is 11.9 Å². The van der Waals surface area contributed by atoms with Crippen molar-refractivity contribution in [1.29, 1.82) is 0 Å². The minimum absolute atomic E-state index is 0.0289. The van der Waals surface area contributed by atoms with Gasteiger partial charge in [-0.15, -0.1) is 0 Å². The molecule has 77 heavy (non-hydrogen) atoms. The fourth-order valence-electron chi connectivity index (χ4n) is 8.15. The molecule has 408 valence electrons. The Bertz CT molecular complexity index is 3270. The number of benzene rings is 2. The molecule has 0 aliphatic rings. The first-order valence-electron chi connectivity index (χ1n) is 24.5. The number of carbonyl (C=O) groups is 6. The van der Waals surface area contributed by atoms with E-state index in [4.69, 9.17) is 36.6 Å². The van der Waals surface area contributed by atoms with Crippen LogP contribution in [0.3, 0.4) is 0 Å². The van der Waals surface area contributed by atoms with E-state index in [0.29, 0.717) is 64.6 Å². The Balaban J connectivity index is 1.37. The lowest BCUT2D eigenvalue weighted by atomic mass is 10.1. The number of nitrogens with zero attached hydrogens (tertiary/aromatic N) is 10. The Morgan fingerprint density at radius 3 is 1.95 bits per heavy atom. The van der Waals surface area contributed by atoms with Crippen LogP contribution in [0.2, 0.25) is 0 Å². The number of primary amides is 2. The summed E-state index contributed by atoms with van der Waals surface area (Å²) in [4.78, 5) is 91.3. The number of imidazole rings is 2. The van der Waals surface area contributed by atoms with Crippen LogP contribution in [0.25, 0.3) is 22.1 Å². The number of rotatable bonds is 29. The minimum Gasteiger partial charge on any atom is -0.491 e. The molecule has 0 saturated heterocycles. The first-order chi connectivity index (χ1) is 36.8. The lowest BCUT2D eigenvalue weighted by Gasteiger charge is -2.26. The summed E-state index contributed by atoms with van der Waals surface area (Å²) in [5.74, 6) is -4.15. The van der Waals surface area contributed by atoms with Crippen molar-refractivity contribution in [3.8, 4) is 11.5 Å². The largest absolute Gasteiger partial charge is 0.491 e. The number of nitrogens with two attached hydrogens (primary N) is 3. The van der Waals surface area contributed by atoms with Gasteiger partial charge in [-0.05, 0) is 90.2 Å². The fourth-order valence-corrected chi connectivity index (χ4v) is 8.15. The van der Waals surface area contributed by atoms with Crippen molar-refractivity contribution in [2.45, 2.75) is 79.2 Å². The second-order valence-electron chi connectivity index (χ2n) is 17.6. The van der Waals surface area contributed by atoms with Gasteiger partial charge in [-0.2, -0.15) is 10.2 Å². The van der Waals surface area contributed by atoms with Gasteiger partial charge in [-0.3, -0.25) is 53.8 Å². The first-order valence-corrected chi connectivity index (χ1v) is 24.5. The van der Waals surface area contributed by atoms with E-state index >= 15 is 0 Å². The molecule has 0 spiro atoms. The van der Waals surface area contributed by atoms with E-state index in [1.54, 1.807) is 87.8 Å². The van der Waals surface area contributed by atoms with Crippen molar-refractivity contribution in [1.82, 2.24) is 44.0 Å². The van der Waals surface area contributed by atoms with E-state index in [0.717, 1.165) is 0 Å². The summed E-state index contributed by atoms with van der Waals surface area (Å²) in [6.45, 7) is 9.03. The molecule has 26 heteroatoms. The van der Waals surface area contributed by atoms with Crippen LogP contribution in [0.5, 0.6) is 11.5 Å². The summed E-state index contributed by atoms with van der Waals surface area (Å²) in [5, 5.41) is 36.3. The van der Waals surface area contributed by atoms with Crippen molar-refractivity contribution >= 4 is 80.9 Å². The second-order valence-corrected chi connectivity index (χ2v) is 17.6. The van der Waals surface area contributed by atoms with Gasteiger partial charge in [0, 0.05) is 62.3 Å². The molecular formula is C51H64N16O10. The lowest BCUT2D eigenvalue weighted by molar-refractivity contribution is -0.139. The zero-order valence-electron chi connectivity index (χ0n) is 43.6. The maximum Gasteiger partial charge on any atom is 0.305 e. The van der Waals surface area contributed by atoms with Crippen LogP contribution in [0.1, 0.15) is 76.9 Å². The topological polar surface area (TPSA) is 362 Å². The number of hydrogen-bond donors (Lipinski definition) is 8. The van der Waals surface area contributed by atoms with Crippen LogP contribution in [0.4, 0.5) is 17.6 Å². The van der Waals surface area contributed by atoms with Crippen LogP contribution in [0, 0.1) is 6.92 Å². The van der Waals surface area contributed by atoms with Crippen LogP contribution in [-0.2, 0) is 40.6 Å². The van der Waals surface area contributed by atoms with Crippen LogP contribution in [-0.4, -0.2) is 137 Å². The van der Waals surface area contributed by atoms with E-state index in [2.05, 4.69) is 31.1 Å². The lowest BCUT2D eigenvalue weighted by Crippen LogP contribution is -2.35. The summed E-state index contributed by atoms with van der Waals surface area (Å²) in [5.41, 5.74) is 21.0. The van der Waals surface area contributed by atoms with Gasteiger partial charge in [-0.1, -0.05) is 18.2 Å². The number of carbonyl (C=O) groups excluding carboxylic acids is 4. The van der Waals surface area contributed by atoms with Gasteiger partial charge in [0.25, 0.3) is 11.8 Å². The number of anilines is 3. The Hall–Kier alpha value is -9.33.